The minimum Gasteiger partial charge on any atom is -0.479 e. The van der Waals surface area contributed by atoms with Gasteiger partial charge in [0.15, 0.2) is 11.4 Å². The summed E-state index contributed by atoms with van der Waals surface area (Å²) in [6.07, 6.45) is 1.76. The van der Waals surface area contributed by atoms with Crippen molar-refractivity contribution in [3.05, 3.63) is 83.2 Å². The highest BCUT2D eigenvalue weighted by molar-refractivity contribution is 7.10. The molecule has 3 heterocycles. The number of aromatic nitrogens is 1. The molecule has 0 saturated heterocycles. The third kappa shape index (κ3) is 4.15. The minimum absolute atomic E-state index is 0.0532. The molecule has 0 radical (unpaired) electrons. The number of allylic oxidation sites excluding steroid dienone is 1. The molecular formula is C23H19N3O4S2. The summed E-state index contributed by atoms with van der Waals surface area (Å²) < 4.78 is 12.7. The molecule has 0 saturated carbocycles. The third-order valence-corrected chi connectivity index (χ3v) is 6.70. The van der Waals surface area contributed by atoms with Crippen molar-refractivity contribution >= 4 is 34.7 Å². The fraction of sp³-hybridized carbons (Fsp3) is 0.217. The van der Waals surface area contributed by atoms with E-state index in [1.54, 1.807) is 42.7 Å². The fourth-order valence-corrected chi connectivity index (χ4v) is 5.34. The van der Waals surface area contributed by atoms with E-state index < -0.39 is 12.0 Å². The van der Waals surface area contributed by atoms with Crippen LogP contribution in [0, 0.1) is 11.3 Å². The first-order valence-corrected chi connectivity index (χ1v) is 11.6. The molecule has 9 heteroatoms. The van der Waals surface area contributed by atoms with Crippen LogP contribution in [0.2, 0.25) is 0 Å². The lowest BCUT2D eigenvalue weighted by Gasteiger charge is -2.23. The van der Waals surface area contributed by atoms with Crippen molar-refractivity contribution in [3.63, 3.8) is 0 Å². The first-order valence-electron chi connectivity index (χ1n) is 9.86. The van der Waals surface area contributed by atoms with Gasteiger partial charge in [0.25, 0.3) is 5.56 Å². The van der Waals surface area contributed by atoms with Gasteiger partial charge in [-0.3, -0.25) is 9.36 Å². The molecule has 7 nitrogen and oxygen atoms in total. The van der Waals surface area contributed by atoms with E-state index in [9.17, 15) is 9.59 Å². The molecule has 4 rings (SSSR count). The van der Waals surface area contributed by atoms with Crippen molar-refractivity contribution in [3.8, 4) is 11.8 Å². The molecule has 3 aromatic rings. The zero-order valence-corrected chi connectivity index (χ0v) is 19.0. The molecular weight excluding hydrogens is 446 g/mol. The van der Waals surface area contributed by atoms with E-state index in [4.69, 9.17) is 14.7 Å². The van der Waals surface area contributed by atoms with Gasteiger partial charge >= 0.3 is 5.97 Å². The Morgan fingerprint density at radius 2 is 2.19 bits per heavy atom. The van der Waals surface area contributed by atoms with Crippen LogP contribution in [0.1, 0.15) is 30.3 Å². The van der Waals surface area contributed by atoms with Gasteiger partial charge in [-0.05, 0) is 49.1 Å². The van der Waals surface area contributed by atoms with E-state index in [-0.39, 0.29) is 18.8 Å². The van der Waals surface area contributed by atoms with Crippen LogP contribution in [0.5, 0.6) is 5.75 Å². The Balaban J connectivity index is 1.86. The van der Waals surface area contributed by atoms with Crippen molar-refractivity contribution in [2.75, 3.05) is 13.2 Å². The second-order valence-electron chi connectivity index (χ2n) is 6.84. The van der Waals surface area contributed by atoms with Gasteiger partial charge in [0.1, 0.15) is 17.9 Å². The summed E-state index contributed by atoms with van der Waals surface area (Å²) in [6.45, 7) is 3.70. The van der Waals surface area contributed by atoms with Gasteiger partial charge in [0, 0.05) is 4.88 Å². The number of thiophene rings is 1. The molecule has 0 bridgehead atoms. The van der Waals surface area contributed by atoms with Gasteiger partial charge in [-0.1, -0.05) is 29.5 Å². The molecule has 1 aliphatic heterocycles. The highest BCUT2D eigenvalue weighted by Crippen LogP contribution is 2.33. The molecule has 2 aromatic heterocycles. The first kappa shape index (κ1) is 21.7. The summed E-state index contributed by atoms with van der Waals surface area (Å²) in [5.74, 6) is 0.0775. The quantitative estimate of drug-likeness (QED) is 0.522. The van der Waals surface area contributed by atoms with Gasteiger partial charge in [0.05, 0.1) is 22.4 Å². The van der Waals surface area contributed by atoms with Gasteiger partial charge < -0.3 is 9.47 Å². The maximum Gasteiger partial charge on any atom is 0.338 e. The Labute approximate surface area is 191 Å². The fourth-order valence-electron chi connectivity index (χ4n) is 3.47. The molecule has 0 spiro atoms. The topological polar surface area (TPSA) is 93.7 Å². The number of fused-ring (bicyclic) bond motifs is 1. The summed E-state index contributed by atoms with van der Waals surface area (Å²) in [7, 11) is 0. The molecule has 0 amide bonds. The summed E-state index contributed by atoms with van der Waals surface area (Å²) in [5, 5.41) is 10.6. The Kier molecular flexibility index (Phi) is 6.35. The molecule has 0 aliphatic carbocycles. The summed E-state index contributed by atoms with van der Waals surface area (Å²) in [5.41, 5.74) is 1.45. The lowest BCUT2D eigenvalue weighted by molar-refractivity contribution is -0.139. The van der Waals surface area contributed by atoms with Crippen molar-refractivity contribution in [2.45, 2.75) is 19.9 Å². The number of nitrogens with zero attached hydrogens (tertiary/aromatic N) is 3. The van der Waals surface area contributed by atoms with Crippen LogP contribution in [0.25, 0.3) is 6.08 Å². The van der Waals surface area contributed by atoms with Crippen LogP contribution in [0.3, 0.4) is 0 Å². The molecule has 162 valence electrons. The lowest BCUT2D eigenvalue weighted by Crippen LogP contribution is -2.39. The Bertz CT molecular complexity index is 1410. The number of carbonyl (C=O) groups is 1. The first-order chi connectivity index (χ1) is 15.5. The number of nitriles is 1. The molecule has 32 heavy (non-hydrogen) atoms. The Morgan fingerprint density at radius 1 is 1.34 bits per heavy atom. The number of ether oxygens (including phenoxy) is 2. The SMILES string of the molecule is CCOC(=O)C1=C(C)N=c2s/c(=C\c3cccc(OCC#N)c3)c(=O)n2[C@H]1c1cccs1. The maximum atomic E-state index is 13.5. The van der Waals surface area contributed by atoms with Gasteiger partial charge in [-0.2, -0.15) is 5.26 Å². The number of benzene rings is 1. The lowest BCUT2D eigenvalue weighted by atomic mass is 10.0. The van der Waals surface area contributed by atoms with Crippen LogP contribution in [-0.4, -0.2) is 23.8 Å². The normalized spacial score (nSPS) is 15.7. The number of rotatable bonds is 6. The van der Waals surface area contributed by atoms with Gasteiger partial charge in [-0.25, -0.2) is 9.79 Å². The minimum atomic E-state index is -0.585. The number of esters is 1. The van der Waals surface area contributed by atoms with Crippen molar-refractivity contribution < 1.29 is 14.3 Å². The Morgan fingerprint density at radius 3 is 2.91 bits per heavy atom. The Hall–Kier alpha value is -3.48. The molecule has 0 N–H and O–H groups in total. The number of thiazole rings is 1. The van der Waals surface area contributed by atoms with Crippen LogP contribution >= 0.6 is 22.7 Å². The van der Waals surface area contributed by atoms with Crippen LogP contribution in [-0.2, 0) is 9.53 Å². The number of carbonyl (C=O) groups excluding carboxylic acids is 1. The van der Waals surface area contributed by atoms with E-state index in [0.717, 1.165) is 10.4 Å². The smallest absolute Gasteiger partial charge is 0.338 e. The van der Waals surface area contributed by atoms with E-state index in [1.807, 2.05) is 29.6 Å². The number of hydrogen-bond acceptors (Lipinski definition) is 8. The van der Waals surface area contributed by atoms with E-state index >= 15 is 0 Å². The molecule has 0 unspecified atom stereocenters. The van der Waals surface area contributed by atoms with Gasteiger partial charge in [0.2, 0.25) is 0 Å². The van der Waals surface area contributed by atoms with Crippen LogP contribution in [0.4, 0.5) is 0 Å². The largest absolute Gasteiger partial charge is 0.479 e. The van der Waals surface area contributed by atoms with E-state index in [0.29, 0.717) is 26.4 Å². The predicted octanol–water partition coefficient (Wildman–Crippen LogP) is 2.76. The average molecular weight is 466 g/mol. The zero-order valence-electron chi connectivity index (χ0n) is 17.4. The highest BCUT2D eigenvalue weighted by Gasteiger charge is 2.33. The van der Waals surface area contributed by atoms with Crippen LogP contribution in [0.15, 0.2) is 62.8 Å². The van der Waals surface area contributed by atoms with Crippen molar-refractivity contribution in [1.29, 1.82) is 5.26 Å². The molecule has 0 fully saturated rings. The standard InChI is InChI=1S/C23H19N3O4S2/c1-3-29-22(28)19-14(2)25-23-26(20(19)17-8-5-11-31-17)21(27)18(32-23)13-15-6-4-7-16(12-15)30-10-9-24/h4-8,11-13,20H,3,10H2,1-2H3/b18-13-/t20-/m0/s1. The van der Waals surface area contributed by atoms with Crippen molar-refractivity contribution in [1.82, 2.24) is 4.57 Å². The second-order valence-corrected chi connectivity index (χ2v) is 8.83. The number of hydrogen-bond donors (Lipinski definition) is 0. The van der Waals surface area contributed by atoms with Crippen molar-refractivity contribution in [2.24, 2.45) is 4.99 Å². The van der Waals surface area contributed by atoms with Crippen LogP contribution < -0.4 is 19.6 Å². The molecule has 1 aromatic carbocycles. The average Bonchev–Trinajstić information content (AvgIpc) is 3.41. The monoisotopic (exact) mass is 465 g/mol. The van der Waals surface area contributed by atoms with Gasteiger partial charge in [-0.15, -0.1) is 11.3 Å². The summed E-state index contributed by atoms with van der Waals surface area (Å²) >= 11 is 2.74. The highest BCUT2D eigenvalue weighted by atomic mass is 32.1. The summed E-state index contributed by atoms with van der Waals surface area (Å²) in [6, 6.07) is 12.3. The molecule has 1 aliphatic rings. The molecule has 1 atom stereocenters. The third-order valence-electron chi connectivity index (χ3n) is 4.79. The predicted molar refractivity (Wildman–Crippen MR) is 122 cm³/mol. The van der Waals surface area contributed by atoms with E-state index in [2.05, 4.69) is 4.99 Å². The van der Waals surface area contributed by atoms with E-state index in [1.165, 1.54) is 22.7 Å². The second kappa shape index (κ2) is 9.34. The maximum absolute atomic E-state index is 13.5. The summed E-state index contributed by atoms with van der Waals surface area (Å²) in [4.78, 5) is 32.2. The zero-order chi connectivity index (χ0) is 22.7.